The van der Waals surface area contributed by atoms with Crippen molar-refractivity contribution in [1.29, 1.82) is 0 Å². The Hall–Kier alpha value is -2.32. The third kappa shape index (κ3) is 1.95. The lowest BCUT2D eigenvalue weighted by atomic mass is 9.76. The van der Waals surface area contributed by atoms with Gasteiger partial charge in [-0.3, -0.25) is 24.6 Å². The molecule has 0 radical (unpaired) electrons. The van der Waals surface area contributed by atoms with Crippen molar-refractivity contribution in [1.82, 2.24) is 10.2 Å². The summed E-state index contributed by atoms with van der Waals surface area (Å²) in [6.07, 6.45) is 0. The molecule has 1 aromatic carbocycles. The van der Waals surface area contributed by atoms with Crippen molar-refractivity contribution < 1.29 is 23.5 Å². The van der Waals surface area contributed by atoms with Gasteiger partial charge in [0, 0.05) is 24.4 Å². The van der Waals surface area contributed by atoms with Gasteiger partial charge in [-0.2, -0.15) is 0 Å². The molecule has 2 fully saturated rings. The van der Waals surface area contributed by atoms with Crippen LogP contribution < -0.4 is 10.6 Å². The van der Waals surface area contributed by atoms with Crippen LogP contribution in [0.1, 0.15) is 12.5 Å². The van der Waals surface area contributed by atoms with Crippen LogP contribution >= 0.6 is 0 Å². The van der Waals surface area contributed by atoms with E-state index in [9.17, 15) is 18.8 Å². The van der Waals surface area contributed by atoms with Crippen molar-refractivity contribution in [3.05, 3.63) is 29.6 Å². The van der Waals surface area contributed by atoms with Gasteiger partial charge < -0.3 is 10.1 Å². The summed E-state index contributed by atoms with van der Waals surface area (Å²) in [5, 5.41) is 5.83. The molecule has 132 valence electrons. The average Bonchev–Trinajstić information content (AvgIpc) is 3.12. The van der Waals surface area contributed by atoms with Gasteiger partial charge in [-0.15, -0.1) is 0 Å². The van der Waals surface area contributed by atoms with E-state index in [1.807, 2.05) is 0 Å². The third-order valence-electron chi connectivity index (χ3n) is 5.43. The molecule has 8 heteroatoms. The highest BCUT2D eigenvalue weighted by molar-refractivity contribution is 6.15. The molecule has 0 bridgehead atoms. The van der Waals surface area contributed by atoms with Gasteiger partial charge in [0.05, 0.1) is 25.0 Å². The number of anilines is 1. The monoisotopic (exact) mass is 347 g/mol. The minimum atomic E-state index is -1.42. The van der Waals surface area contributed by atoms with E-state index in [1.165, 1.54) is 25.3 Å². The van der Waals surface area contributed by atoms with E-state index in [-0.39, 0.29) is 19.1 Å². The topological polar surface area (TPSA) is 87.7 Å². The van der Waals surface area contributed by atoms with Gasteiger partial charge in [0.2, 0.25) is 17.7 Å². The molecule has 4 atom stereocenters. The predicted molar refractivity (Wildman–Crippen MR) is 84.9 cm³/mol. The minimum absolute atomic E-state index is 0.140. The lowest BCUT2D eigenvalue weighted by Gasteiger charge is -2.29. The van der Waals surface area contributed by atoms with Gasteiger partial charge in [0.25, 0.3) is 0 Å². The van der Waals surface area contributed by atoms with Crippen LogP contribution in [0.15, 0.2) is 18.2 Å². The van der Waals surface area contributed by atoms with E-state index in [1.54, 1.807) is 6.92 Å². The summed E-state index contributed by atoms with van der Waals surface area (Å²) in [7, 11) is 1.49. The zero-order valence-electron chi connectivity index (χ0n) is 13.8. The number of imide groups is 1. The molecular formula is C17H18FN3O4. The first kappa shape index (κ1) is 16.2. The van der Waals surface area contributed by atoms with Crippen LogP contribution in [0.3, 0.4) is 0 Å². The Morgan fingerprint density at radius 1 is 1.28 bits per heavy atom. The molecule has 1 spiro atoms. The molecular weight excluding hydrogens is 329 g/mol. The van der Waals surface area contributed by atoms with E-state index < -0.39 is 41.0 Å². The maximum absolute atomic E-state index is 13.8. The SMILES string of the molecule is COCCN1C(=O)[C@@H]2[C@@H](C1=O)[C@]1(N[C@@H]2C)C(=O)Nc2ccc(F)cc21. The fourth-order valence-electron chi connectivity index (χ4n) is 4.40. The summed E-state index contributed by atoms with van der Waals surface area (Å²) in [4.78, 5) is 39.7. The van der Waals surface area contributed by atoms with Crippen LogP contribution in [0.25, 0.3) is 0 Å². The molecule has 0 unspecified atom stereocenters. The molecule has 2 saturated heterocycles. The van der Waals surface area contributed by atoms with Crippen LogP contribution in [0.2, 0.25) is 0 Å². The lowest BCUT2D eigenvalue weighted by Crippen LogP contribution is -2.53. The minimum Gasteiger partial charge on any atom is -0.383 e. The summed E-state index contributed by atoms with van der Waals surface area (Å²) in [5.74, 6) is -3.22. The average molecular weight is 347 g/mol. The fraction of sp³-hybridized carbons (Fsp3) is 0.471. The standard InChI is InChI=1S/C17H18FN3O4/c1-8-12-13(15(23)21(14(12)22)5-6-25-2)17(20-8)10-7-9(18)3-4-11(10)19-16(17)24/h3-4,7-8,12-13,20H,5-6H2,1-2H3,(H,19,24)/t8-,12+,13+,17+/m1/s1. The highest BCUT2D eigenvalue weighted by Gasteiger charge is 2.69. The number of amides is 3. The number of methoxy groups -OCH3 is 1. The zero-order valence-corrected chi connectivity index (χ0v) is 13.8. The molecule has 3 heterocycles. The Labute approximate surface area is 143 Å². The Balaban J connectivity index is 1.83. The lowest BCUT2D eigenvalue weighted by molar-refractivity contribution is -0.143. The molecule has 2 N–H and O–H groups in total. The molecule has 0 aromatic heterocycles. The molecule has 4 rings (SSSR count). The summed E-state index contributed by atoms with van der Waals surface area (Å²) in [6, 6.07) is 3.58. The van der Waals surface area contributed by atoms with E-state index in [0.29, 0.717) is 11.3 Å². The Kier molecular flexibility index (Phi) is 3.45. The third-order valence-corrected chi connectivity index (χ3v) is 5.43. The second kappa shape index (κ2) is 5.34. The molecule has 3 aliphatic rings. The maximum atomic E-state index is 13.8. The predicted octanol–water partition coefficient (Wildman–Crippen LogP) is 0.212. The smallest absolute Gasteiger partial charge is 0.250 e. The number of benzene rings is 1. The van der Waals surface area contributed by atoms with Crippen molar-refractivity contribution in [3.8, 4) is 0 Å². The van der Waals surface area contributed by atoms with Gasteiger partial charge in [0.15, 0.2) is 0 Å². The van der Waals surface area contributed by atoms with Crippen LogP contribution in [0.5, 0.6) is 0 Å². The summed E-state index contributed by atoms with van der Waals surface area (Å²) in [6.45, 7) is 2.13. The number of ether oxygens (including phenoxy) is 1. The number of carbonyl (C=O) groups is 3. The quantitative estimate of drug-likeness (QED) is 0.764. The van der Waals surface area contributed by atoms with Gasteiger partial charge in [-0.25, -0.2) is 4.39 Å². The molecule has 25 heavy (non-hydrogen) atoms. The molecule has 3 aliphatic heterocycles. The van der Waals surface area contributed by atoms with Crippen LogP contribution in [0, 0.1) is 17.7 Å². The van der Waals surface area contributed by atoms with Crippen LogP contribution in [-0.4, -0.2) is 48.9 Å². The number of hydrogen-bond donors (Lipinski definition) is 2. The summed E-state index contributed by atoms with van der Waals surface area (Å²) >= 11 is 0. The molecule has 0 aliphatic carbocycles. The first-order chi connectivity index (χ1) is 11.9. The summed E-state index contributed by atoms with van der Waals surface area (Å²) in [5.41, 5.74) is -0.579. The largest absolute Gasteiger partial charge is 0.383 e. The van der Waals surface area contributed by atoms with E-state index >= 15 is 0 Å². The molecule has 7 nitrogen and oxygen atoms in total. The first-order valence-corrected chi connectivity index (χ1v) is 8.15. The van der Waals surface area contributed by atoms with E-state index in [2.05, 4.69) is 10.6 Å². The van der Waals surface area contributed by atoms with Crippen LogP contribution in [0.4, 0.5) is 10.1 Å². The molecule has 3 amide bonds. The van der Waals surface area contributed by atoms with Crippen molar-refractivity contribution in [3.63, 3.8) is 0 Å². The number of nitrogens with zero attached hydrogens (tertiary/aromatic N) is 1. The Morgan fingerprint density at radius 2 is 2.04 bits per heavy atom. The molecule has 0 saturated carbocycles. The highest BCUT2D eigenvalue weighted by Crippen LogP contribution is 2.52. The van der Waals surface area contributed by atoms with Gasteiger partial charge in [0.1, 0.15) is 11.4 Å². The van der Waals surface area contributed by atoms with Gasteiger partial charge in [-0.1, -0.05) is 0 Å². The number of rotatable bonds is 3. The number of likely N-dealkylation sites (tertiary alicyclic amines) is 1. The molecule has 1 aromatic rings. The van der Waals surface area contributed by atoms with Crippen molar-refractivity contribution in [2.24, 2.45) is 11.8 Å². The normalized spacial score (nSPS) is 33.2. The van der Waals surface area contributed by atoms with Crippen LogP contribution in [-0.2, 0) is 24.7 Å². The van der Waals surface area contributed by atoms with Gasteiger partial charge >= 0.3 is 0 Å². The number of fused-ring (bicyclic) bond motifs is 4. The number of carbonyl (C=O) groups excluding carboxylic acids is 3. The van der Waals surface area contributed by atoms with E-state index in [0.717, 1.165) is 4.90 Å². The first-order valence-electron chi connectivity index (χ1n) is 8.15. The summed E-state index contributed by atoms with van der Waals surface area (Å²) < 4.78 is 18.8. The Morgan fingerprint density at radius 3 is 2.76 bits per heavy atom. The van der Waals surface area contributed by atoms with Crippen molar-refractivity contribution in [2.45, 2.75) is 18.5 Å². The number of hydrogen-bond acceptors (Lipinski definition) is 5. The second-order valence-corrected chi connectivity index (χ2v) is 6.71. The Bertz CT molecular complexity index is 798. The van der Waals surface area contributed by atoms with Crippen molar-refractivity contribution >= 4 is 23.4 Å². The maximum Gasteiger partial charge on any atom is 0.250 e. The van der Waals surface area contributed by atoms with Gasteiger partial charge in [-0.05, 0) is 25.1 Å². The second-order valence-electron chi connectivity index (χ2n) is 6.71. The highest BCUT2D eigenvalue weighted by atomic mass is 19.1. The van der Waals surface area contributed by atoms with Crippen molar-refractivity contribution in [2.75, 3.05) is 25.6 Å². The fourth-order valence-corrected chi connectivity index (χ4v) is 4.40. The van der Waals surface area contributed by atoms with E-state index in [4.69, 9.17) is 4.74 Å². The number of nitrogens with one attached hydrogen (secondary N) is 2. The zero-order chi connectivity index (χ0) is 17.9. The number of halogens is 1.